The lowest BCUT2D eigenvalue weighted by Crippen LogP contribution is -2.25. The van der Waals surface area contributed by atoms with E-state index in [0.717, 1.165) is 24.8 Å². The highest BCUT2D eigenvalue weighted by molar-refractivity contribution is 7.13. The largest absolute Gasteiger partial charge is 0.375 e. The zero-order chi connectivity index (χ0) is 11.7. The van der Waals surface area contributed by atoms with Gasteiger partial charge in [0.25, 0.3) is 0 Å². The first-order valence-electron chi connectivity index (χ1n) is 5.76. The average molecular weight is 265 g/mol. The molecule has 90 valence electrons. The molecule has 0 radical (unpaired) electrons. The highest BCUT2D eigenvalue weighted by Gasteiger charge is 2.29. The van der Waals surface area contributed by atoms with Gasteiger partial charge >= 0.3 is 0 Å². The highest BCUT2D eigenvalue weighted by atomic mass is 32.1. The van der Waals surface area contributed by atoms with E-state index in [1.54, 1.807) is 11.3 Å². The number of hydrogen-bond donors (Lipinski definition) is 1. The van der Waals surface area contributed by atoms with Crippen LogP contribution in [0.4, 0.5) is 5.13 Å². The molecule has 2 heterocycles. The van der Waals surface area contributed by atoms with Crippen molar-refractivity contribution in [2.45, 2.75) is 32.0 Å². The van der Waals surface area contributed by atoms with E-state index in [-0.39, 0.29) is 0 Å². The predicted octanol–water partition coefficient (Wildman–Crippen LogP) is 2.95. The van der Waals surface area contributed by atoms with Gasteiger partial charge in [-0.05, 0) is 35.2 Å². The van der Waals surface area contributed by atoms with Crippen LogP contribution in [0.25, 0.3) is 0 Å². The Morgan fingerprint density at radius 2 is 2.24 bits per heavy atom. The molecule has 1 aliphatic carbocycles. The van der Waals surface area contributed by atoms with Crippen molar-refractivity contribution in [1.29, 1.82) is 0 Å². The van der Waals surface area contributed by atoms with E-state index >= 15 is 0 Å². The van der Waals surface area contributed by atoms with Gasteiger partial charge in [-0.1, -0.05) is 0 Å². The summed E-state index contributed by atoms with van der Waals surface area (Å²) < 4.78 is 0. The fourth-order valence-electron chi connectivity index (χ4n) is 1.97. The predicted molar refractivity (Wildman–Crippen MR) is 73.1 cm³/mol. The number of aromatic nitrogens is 1. The van der Waals surface area contributed by atoms with E-state index in [2.05, 4.69) is 32.1 Å². The number of rotatable bonds is 5. The smallest absolute Gasteiger partial charge is 0.180 e. The summed E-state index contributed by atoms with van der Waals surface area (Å²) in [6.07, 6.45) is 2.65. The Hall–Kier alpha value is -0.910. The van der Waals surface area contributed by atoms with Gasteiger partial charge < -0.3 is 5.73 Å². The summed E-state index contributed by atoms with van der Waals surface area (Å²) in [6, 6.07) is 2.95. The molecule has 0 saturated heterocycles. The third-order valence-electron chi connectivity index (χ3n) is 2.96. The van der Waals surface area contributed by atoms with Crippen molar-refractivity contribution in [1.82, 2.24) is 9.88 Å². The zero-order valence-corrected chi connectivity index (χ0v) is 11.1. The van der Waals surface area contributed by atoms with Crippen molar-refractivity contribution in [2.75, 3.05) is 5.73 Å². The lowest BCUT2D eigenvalue weighted by atomic mass is 10.3. The summed E-state index contributed by atoms with van der Waals surface area (Å²) in [5, 5.41) is 7.11. The van der Waals surface area contributed by atoms with Crippen LogP contribution in [0.2, 0.25) is 0 Å². The number of nitrogen functional groups attached to an aromatic ring is 1. The van der Waals surface area contributed by atoms with Crippen molar-refractivity contribution in [2.24, 2.45) is 0 Å². The van der Waals surface area contributed by atoms with Gasteiger partial charge in [-0.25, -0.2) is 4.98 Å². The first-order chi connectivity index (χ1) is 8.31. The lowest BCUT2D eigenvalue weighted by Gasteiger charge is -2.20. The maximum absolute atomic E-state index is 5.67. The molecule has 3 rings (SSSR count). The van der Waals surface area contributed by atoms with Crippen molar-refractivity contribution in [3.8, 4) is 0 Å². The summed E-state index contributed by atoms with van der Waals surface area (Å²) in [5.74, 6) is 0. The van der Waals surface area contributed by atoms with E-state index in [1.165, 1.54) is 29.7 Å². The number of nitrogens with two attached hydrogens (primary N) is 1. The summed E-state index contributed by atoms with van der Waals surface area (Å²) in [4.78, 5) is 6.86. The Kier molecular flexibility index (Phi) is 3.13. The fourth-order valence-corrected chi connectivity index (χ4v) is 3.19. The van der Waals surface area contributed by atoms with Gasteiger partial charge in [-0.15, -0.1) is 11.3 Å². The number of thiophene rings is 1. The van der Waals surface area contributed by atoms with Gasteiger partial charge in [0, 0.05) is 24.5 Å². The number of nitrogens with zero attached hydrogens (tertiary/aromatic N) is 2. The van der Waals surface area contributed by atoms with Crippen LogP contribution in [-0.4, -0.2) is 15.9 Å². The quantitative estimate of drug-likeness (QED) is 0.903. The Bertz CT molecular complexity index is 474. The van der Waals surface area contributed by atoms with Gasteiger partial charge in [0.05, 0.1) is 5.69 Å². The first kappa shape index (κ1) is 11.2. The van der Waals surface area contributed by atoms with E-state index in [9.17, 15) is 0 Å². The van der Waals surface area contributed by atoms with Crippen LogP contribution in [0, 0.1) is 0 Å². The molecule has 1 fully saturated rings. The van der Waals surface area contributed by atoms with E-state index in [1.807, 2.05) is 0 Å². The first-order valence-corrected chi connectivity index (χ1v) is 7.58. The highest BCUT2D eigenvalue weighted by Crippen LogP contribution is 2.30. The van der Waals surface area contributed by atoms with E-state index in [0.29, 0.717) is 5.13 Å². The van der Waals surface area contributed by atoms with Crippen LogP contribution in [0.5, 0.6) is 0 Å². The summed E-state index contributed by atoms with van der Waals surface area (Å²) in [6.45, 7) is 1.96. The van der Waals surface area contributed by atoms with Gasteiger partial charge in [-0.2, -0.15) is 11.3 Å². The minimum Gasteiger partial charge on any atom is -0.375 e. The number of hydrogen-bond acceptors (Lipinski definition) is 5. The molecule has 5 heteroatoms. The standard InChI is InChI=1S/C12H15N3S2/c13-12-14-10(8-17-12)6-15(11-1-2-11)5-9-3-4-16-7-9/h3-4,7-8,11H,1-2,5-6H2,(H2,13,14). The van der Waals surface area contributed by atoms with Crippen LogP contribution in [0.1, 0.15) is 24.1 Å². The van der Waals surface area contributed by atoms with Gasteiger partial charge in [-0.3, -0.25) is 4.90 Å². The lowest BCUT2D eigenvalue weighted by molar-refractivity contribution is 0.243. The molecule has 0 spiro atoms. The molecule has 2 aromatic heterocycles. The molecule has 0 aromatic carbocycles. The molecule has 0 bridgehead atoms. The Morgan fingerprint density at radius 1 is 1.35 bits per heavy atom. The van der Waals surface area contributed by atoms with E-state index in [4.69, 9.17) is 5.73 Å². The molecule has 17 heavy (non-hydrogen) atoms. The van der Waals surface area contributed by atoms with Crippen molar-refractivity contribution in [3.05, 3.63) is 33.5 Å². The Labute approximate surface area is 109 Å². The second-order valence-corrected chi connectivity index (χ2v) is 6.11. The average Bonchev–Trinajstić information content (AvgIpc) is 2.89. The molecule has 3 nitrogen and oxygen atoms in total. The molecule has 1 saturated carbocycles. The Balaban J connectivity index is 1.68. The number of anilines is 1. The van der Waals surface area contributed by atoms with Crippen molar-refractivity contribution in [3.63, 3.8) is 0 Å². The molecule has 0 unspecified atom stereocenters. The van der Waals surface area contributed by atoms with Crippen molar-refractivity contribution < 1.29 is 0 Å². The minimum atomic E-state index is 0.672. The fraction of sp³-hybridized carbons (Fsp3) is 0.417. The monoisotopic (exact) mass is 265 g/mol. The van der Waals surface area contributed by atoms with Crippen LogP contribution < -0.4 is 5.73 Å². The topological polar surface area (TPSA) is 42.1 Å². The second kappa shape index (κ2) is 4.76. The van der Waals surface area contributed by atoms with Crippen LogP contribution in [0.15, 0.2) is 22.2 Å². The molecule has 2 aromatic rings. The second-order valence-electron chi connectivity index (χ2n) is 4.44. The third-order valence-corrected chi connectivity index (χ3v) is 4.42. The molecule has 2 N–H and O–H groups in total. The Morgan fingerprint density at radius 3 is 2.82 bits per heavy atom. The summed E-state index contributed by atoms with van der Waals surface area (Å²) in [5.41, 5.74) is 8.19. The van der Waals surface area contributed by atoms with Crippen LogP contribution in [-0.2, 0) is 13.1 Å². The van der Waals surface area contributed by atoms with Crippen molar-refractivity contribution >= 4 is 27.8 Å². The third kappa shape index (κ3) is 2.86. The van der Waals surface area contributed by atoms with Gasteiger partial charge in [0.1, 0.15) is 0 Å². The maximum Gasteiger partial charge on any atom is 0.180 e. The van der Waals surface area contributed by atoms with Crippen LogP contribution in [0.3, 0.4) is 0 Å². The van der Waals surface area contributed by atoms with Gasteiger partial charge in [0.15, 0.2) is 5.13 Å². The van der Waals surface area contributed by atoms with Gasteiger partial charge in [0.2, 0.25) is 0 Å². The number of thiazole rings is 1. The maximum atomic E-state index is 5.67. The molecule has 0 aliphatic heterocycles. The van der Waals surface area contributed by atoms with Crippen LogP contribution >= 0.6 is 22.7 Å². The normalized spacial score (nSPS) is 15.6. The minimum absolute atomic E-state index is 0.672. The molecule has 0 amide bonds. The summed E-state index contributed by atoms with van der Waals surface area (Å²) >= 11 is 3.29. The summed E-state index contributed by atoms with van der Waals surface area (Å²) in [7, 11) is 0. The molecular weight excluding hydrogens is 250 g/mol. The molecule has 1 aliphatic rings. The molecular formula is C12H15N3S2. The molecule has 0 atom stereocenters. The SMILES string of the molecule is Nc1nc(CN(Cc2ccsc2)C2CC2)cs1. The van der Waals surface area contributed by atoms with E-state index < -0.39 is 0 Å². The zero-order valence-electron chi connectivity index (χ0n) is 9.50.